The number of ether oxygens (including phenoxy) is 1. The molecule has 0 aromatic carbocycles. The minimum atomic E-state index is -0.502. The minimum absolute atomic E-state index is 0.0152. The van der Waals surface area contributed by atoms with Crippen LogP contribution in [0.25, 0.3) is 0 Å². The SMILES string of the molecule is Cc1nc(NN)nc(NC2CCOC2C)c1[N+](=O)[O-]. The van der Waals surface area contributed by atoms with Gasteiger partial charge in [-0.25, -0.2) is 10.8 Å². The summed E-state index contributed by atoms with van der Waals surface area (Å²) in [4.78, 5) is 18.5. The van der Waals surface area contributed by atoms with Crippen LogP contribution in [0.1, 0.15) is 19.0 Å². The van der Waals surface area contributed by atoms with E-state index in [2.05, 4.69) is 20.7 Å². The molecule has 1 saturated heterocycles. The first-order valence-corrected chi connectivity index (χ1v) is 5.90. The molecule has 1 aromatic rings. The zero-order valence-electron chi connectivity index (χ0n) is 10.7. The second-order valence-corrected chi connectivity index (χ2v) is 4.35. The molecule has 2 atom stereocenters. The number of hydrogen-bond acceptors (Lipinski definition) is 8. The average molecular weight is 268 g/mol. The van der Waals surface area contributed by atoms with Gasteiger partial charge in [-0.2, -0.15) is 4.98 Å². The van der Waals surface area contributed by atoms with Crippen LogP contribution in [0, 0.1) is 17.0 Å². The summed E-state index contributed by atoms with van der Waals surface area (Å²) in [5.41, 5.74) is 2.41. The number of rotatable bonds is 4. The number of hydrogen-bond donors (Lipinski definition) is 3. The number of aromatic nitrogens is 2. The van der Waals surface area contributed by atoms with Gasteiger partial charge >= 0.3 is 5.69 Å². The molecule has 0 saturated carbocycles. The molecule has 104 valence electrons. The lowest BCUT2D eigenvalue weighted by Gasteiger charge is -2.17. The van der Waals surface area contributed by atoms with E-state index >= 15 is 0 Å². The summed E-state index contributed by atoms with van der Waals surface area (Å²) < 4.78 is 5.41. The third-order valence-electron chi connectivity index (χ3n) is 3.07. The van der Waals surface area contributed by atoms with Crippen molar-refractivity contribution in [2.75, 3.05) is 17.3 Å². The Hall–Kier alpha value is -2.00. The van der Waals surface area contributed by atoms with Crippen molar-refractivity contribution < 1.29 is 9.66 Å². The Bertz CT molecular complexity index is 494. The van der Waals surface area contributed by atoms with E-state index < -0.39 is 4.92 Å². The second kappa shape index (κ2) is 5.33. The van der Waals surface area contributed by atoms with Crippen LogP contribution in [0.5, 0.6) is 0 Å². The van der Waals surface area contributed by atoms with Crippen molar-refractivity contribution >= 4 is 17.5 Å². The molecule has 9 nitrogen and oxygen atoms in total. The van der Waals surface area contributed by atoms with Crippen LogP contribution in [0.4, 0.5) is 17.5 Å². The van der Waals surface area contributed by atoms with Crippen molar-refractivity contribution in [2.45, 2.75) is 32.4 Å². The molecular weight excluding hydrogens is 252 g/mol. The van der Waals surface area contributed by atoms with Gasteiger partial charge in [0.2, 0.25) is 11.8 Å². The van der Waals surface area contributed by atoms with Gasteiger partial charge < -0.3 is 10.1 Å². The van der Waals surface area contributed by atoms with Crippen molar-refractivity contribution in [3.63, 3.8) is 0 Å². The summed E-state index contributed by atoms with van der Waals surface area (Å²) in [6.45, 7) is 4.08. The summed E-state index contributed by atoms with van der Waals surface area (Å²) in [5, 5.41) is 14.1. The number of aryl methyl sites for hydroxylation is 1. The highest BCUT2D eigenvalue weighted by molar-refractivity contribution is 5.61. The standard InChI is InChI=1S/C10H16N6O3/c1-5-8(16(17)18)9(14-10(12-5)15-11)13-7-3-4-19-6(7)2/h6-7H,3-4,11H2,1-2H3,(H2,12,13,14,15). The molecule has 2 unspecified atom stereocenters. The molecule has 0 amide bonds. The van der Waals surface area contributed by atoms with Gasteiger partial charge in [-0.3, -0.25) is 15.5 Å². The van der Waals surface area contributed by atoms with Gasteiger partial charge in [0.1, 0.15) is 5.69 Å². The van der Waals surface area contributed by atoms with Crippen molar-refractivity contribution in [1.82, 2.24) is 9.97 Å². The molecule has 2 heterocycles. The largest absolute Gasteiger partial charge is 0.376 e. The molecular formula is C10H16N6O3. The van der Waals surface area contributed by atoms with E-state index in [4.69, 9.17) is 10.6 Å². The third-order valence-corrected chi connectivity index (χ3v) is 3.07. The maximum atomic E-state index is 11.1. The fraction of sp³-hybridized carbons (Fsp3) is 0.600. The first-order valence-electron chi connectivity index (χ1n) is 5.90. The third kappa shape index (κ3) is 2.71. The lowest BCUT2D eigenvalue weighted by Crippen LogP contribution is -2.28. The molecule has 0 radical (unpaired) electrons. The molecule has 2 rings (SSSR count). The van der Waals surface area contributed by atoms with Gasteiger partial charge in [0, 0.05) is 6.61 Å². The van der Waals surface area contributed by atoms with Crippen molar-refractivity contribution in [3.8, 4) is 0 Å². The van der Waals surface area contributed by atoms with Crippen LogP contribution >= 0.6 is 0 Å². The summed E-state index contributed by atoms with van der Waals surface area (Å²) in [5.74, 6) is 5.55. The normalized spacial score (nSPS) is 22.3. The van der Waals surface area contributed by atoms with Gasteiger partial charge in [-0.1, -0.05) is 0 Å². The molecule has 9 heteroatoms. The van der Waals surface area contributed by atoms with Crippen molar-refractivity contribution in [3.05, 3.63) is 15.8 Å². The van der Waals surface area contributed by atoms with Crippen LogP contribution in [-0.4, -0.2) is 33.6 Å². The van der Waals surface area contributed by atoms with Gasteiger partial charge in [-0.15, -0.1) is 0 Å². The number of nitrogen functional groups attached to an aromatic ring is 1. The summed E-state index contributed by atoms with van der Waals surface area (Å²) in [6, 6.07) is -0.0152. The molecule has 4 N–H and O–H groups in total. The second-order valence-electron chi connectivity index (χ2n) is 4.35. The highest BCUT2D eigenvalue weighted by atomic mass is 16.6. The van der Waals surface area contributed by atoms with E-state index in [1.54, 1.807) is 6.92 Å². The van der Waals surface area contributed by atoms with Gasteiger partial charge in [0.15, 0.2) is 0 Å². The number of nitro groups is 1. The van der Waals surface area contributed by atoms with Gasteiger partial charge in [0.05, 0.1) is 17.1 Å². The van der Waals surface area contributed by atoms with E-state index in [0.29, 0.717) is 6.61 Å². The molecule has 1 fully saturated rings. The molecule has 19 heavy (non-hydrogen) atoms. The first-order chi connectivity index (χ1) is 9.02. The fourth-order valence-electron chi connectivity index (χ4n) is 2.05. The summed E-state index contributed by atoms with van der Waals surface area (Å²) >= 11 is 0. The lowest BCUT2D eigenvalue weighted by molar-refractivity contribution is -0.385. The van der Waals surface area contributed by atoms with Crippen LogP contribution in [0.2, 0.25) is 0 Å². The Kier molecular flexibility index (Phi) is 3.76. The number of nitrogens with one attached hydrogen (secondary N) is 2. The molecule has 1 aliphatic heterocycles. The summed E-state index contributed by atoms with van der Waals surface area (Å²) in [7, 11) is 0. The van der Waals surface area contributed by atoms with E-state index in [9.17, 15) is 10.1 Å². The number of nitrogens with two attached hydrogens (primary N) is 1. The predicted molar refractivity (Wildman–Crippen MR) is 68.7 cm³/mol. The molecule has 0 spiro atoms. The highest BCUT2D eigenvalue weighted by Crippen LogP contribution is 2.28. The minimum Gasteiger partial charge on any atom is -0.376 e. The quantitative estimate of drug-likeness (QED) is 0.410. The predicted octanol–water partition coefficient (Wildman–Crippen LogP) is 0.568. The Morgan fingerprint density at radius 1 is 1.53 bits per heavy atom. The molecule has 0 aliphatic carbocycles. The van der Waals surface area contributed by atoms with E-state index in [1.807, 2.05) is 6.92 Å². The number of nitrogens with zero attached hydrogens (tertiary/aromatic N) is 3. The fourth-order valence-corrected chi connectivity index (χ4v) is 2.05. The van der Waals surface area contributed by atoms with E-state index in [0.717, 1.165) is 6.42 Å². The zero-order valence-corrected chi connectivity index (χ0v) is 10.7. The van der Waals surface area contributed by atoms with E-state index in [1.165, 1.54) is 0 Å². The lowest BCUT2D eigenvalue weighted by atomic mass is 10.1. The summed E-state index contributed by atoms with van der Waals surface area (Å²) in [6.07, 6.45) is 0.747. The monoisotopic (exact) mass is 268 g/mol. The Morgan fingerprint density at radius 2 is 2.26 bits per heavy atom. The Labute approximate surface area is 109 Å². The molecule has 1 aromatic heterocycles. The maximum absolute atomic E-state index is 11.1. The zero-order chi connectivity index (χ0) is 14.0. The number of hydrazine groups is 1. The Balaban J connectivity index is 2.35. The average Bonchev–Trinajstić information content (AvgIpc) is 2.73. The Morgan fingerprint density at radius 3 is 2.79 bits per heavy atom. The highest BCUT2D eigenvalue weighted by Gasteiger charge is 2.29. The topological polar surface area (TPSA) is 128 Å². The number of anilines is 2. The van der Waals surface area contributed by atoms with Crippen LogP contribution in [0.15, 0.2) is 0 Å². The maximum Gasteiger partial charge on any atom is 0.332 e. The first kappa shape index (κ1) is 13.4. The van der Waals surface area contributed by atoms with Crippen molar-refractivity contribution in [2.24, 2.45) is 5.84 Å². The van der Waals surface area contributed by atoms with E-state index in [-0.39, 0.29) is 35.3 Å². The van der Waals surface area contributed by atoms with Gasteiger partial charge in [0.25, 0.3) is 0 Å². The smallest absolute Gasteiger partial charge is 0.332 e. The van der Waals surface area contributed by atoms with Crippen LogP contribution in [0.3, 0.4) is 0 Å². The van der Waals surface area contributed by atoms with Crippen LogP contribution < -0.4 is 16.6 Å². The molecule has 1 aliphatic rings. The molecule has 0 bridgehead atoms. The van der Waals surface area contributed by atoms with Gasteiger partial charge in [-0.05, 0) is 20.3 Å². The van der Waals surface area contributed by atoms with Crippen LogP contribution in [-0.2, 0) is 4.74 Å². The van der Waals surface area contributed by atoms with Crippen molar-refractivity contribution in [1.29, 1.82) is 0 Å².